The van der Waals surface area contributed by atoms with Crippen molar-refractivity contribution in [1.82, 2.24) is 0 Å². The quantitative estimate of drug-likeness (QED) is 0.643. The summed E-state index contributed by atoms with van der Waals surface area (Å²) in [5.74, 6) is -0.243. The predicted molar refractivity (Wildman–Crippen MR) is 85.8 cm³/mol. The molecule has 2 heterocycles. The Hall–Kier alpha value is -2.82. The van der Waals surface area contributed by atoms with Crippen molar-refractivity contribution >= 4 is 23.6 Å². The lowest BCUT2D eigenvalue weighted by Crippen LogP contribution is -2.38. The summed E-state index contributed by atoms with van der Waals surface area (Å²) < 4.78 is 10.1. The number of carbonyl (C=O) groups is 2. The Morgan fingerprint density at radius 2 is 2.13 bits per heavy atom. The average molecular weight is 311 g/mol. The van der Waals surface area contributed by atoms with E-state index in [0.717, 1.165) is 17.7 Å². The summed E-state index contributed by atoms with van der Waals surface area (Å²) in [6.45, 7) is 1.70. The summed E-state index contributed by atoms with van der Waals surface area (Å²) in [4.78, 5) is 25.7. The van der Waals surface area contributed by atoms with Crippen molar-refractivity contribution in [1.29, 1.82) is 0 Å². The zero-order chi connectivity index (χ0) is 16.2. The molecule has 1 aliphatic heterocycles. The Balaban J connectivity index is 1.58. The van der Waals surface area contributed by atoms with Crippen LogP contribution in [0.2, 0.25) is 0 Å². The lowest BCUT2D eigenvalue weighted by Gasteiger charge is -2.22. The zero-order valence-electron chi connectivity index (χ0n) is 12.8. The highest BCUT2D eigenvalue weighted by Crippen LogP contribution is 2.31. The van der Waals surface area contributed by atoms with E-state index in [1.54, 1.807) is 17.0 Å². The Morgan fingerprint density at radius 3 is 2.91 bits per heavy atom. The second kappa shape index (κ2) is 6.52. The van der Waals surface area contributed by atoms with Crippen LogP contribution in [0.15, 0.2) is 53.2 Å². The minimum absolute atomic E-state index is 0.0669. The van der Waals surface area contributed by atoms with Crippen molar-refractivity contribution in [2.45, 2.75) is 19.4 Å². The molecule has 0 saturated carbocycles. The van der Waals surface area contributed by atoms with Gasteiger partial charge in [0.05, 0.1) is 6.26 Å². The molecule has 0 aliphatic carbocycles. The molecular weight excluding hydrogens is 294 g/mol. The molecule has 0 bridgehead atoms. The fourth-order valence-electron chi connectivity index (χ4n) is 2.73. The van der Waals surface area contributed by atoms with Gasteiger partial charge >= 0.3 is 5.97 Å². The summed E-state index contributed by atoms with van der Waals surface area (Å²) in [5, 5.41) is 0. The molecule has 1 aromatic heterocycles. The molecule has 0 N–H and O–H groups in total. The van der Waals surface area contributed by atoms with Gasteiger partial charge in [-0.1, -0.05) is 18.2 Å². The molecule has 1 aromatic carbocycles. The topological polar surface area (TPSA) is 59.8 Å². The first-order valence-electron chi connectivity index (χ1n) is 7.43. The molecule has 1 aliphatic rings. The summed E-state index contributed by atoms with van der Waals surface area (Å²) in [5.41, 5.74) is 2.03. The van der Waals surface area contributed by atoms with Gasteiger partial charge in [0.25, 0.3) is 5.91 Å². The number of nitrogens with zero attached hydrogens (tertiary/aromatic N) is 1. The van der Waals surface area contributed by atoms with Crippen molar-refractivity contribution in [2.75, 3.05) is 11.5 Å². The van der Waals surface area contributed by atoms with Crippen molar-refractivity contribution < 1.29 is 18.7 Å². The third-order valence-electron chi connectivity index (χ3n) is 3.74. The summed E-state index contributed by atoms with van der Waals surface area (Å²) in [6.07, 6.45) is 5.07. The number of para-hydroxylation sites is 1. The molecule has 3 rings (SSSR count). The van der Waals surface area contributed by atoms with E-state index >= 15 is 0 Å². The lowest BCUT2D eigenvalue weighted by molar-refractivity contribution is -0.143. The van der Waals surface area contributed by atoms with Gasteiger partial charge < -0.3 is 14.1 Å². The number of esters is 1. The number of hydrogen-bond acceptors (Lipinski definition) is 4. The number of anilines is 1. The van der Waals surface area contributed by atoms with E-state index in [-0.39, 0.29) is 18.6 Å². The normalized spacial score (nSPS) is 16.6. The fourth-order valence-corrected chi connectivity index (χ4v) is 2.73. The molecule has 0 fully saturated rings. The number of benzene rings is 1. The number of amides is 1. The summed E-state index contributed by atoms with van der Waals surface area (Å²) in [6, 6.07) is 11.3. The molecule has 0 radical (unpaired) electrons. The third-order valence-corrected chi connectivity index (χ3v) is 3.74. The fraction of sp³-hybridized carbons (Fsp3) is 0.222. The maximum absolute atomic E-state index is 12.4. The highest BCUT2D eigenvalue weighted by molar-refractivity contribution is 5.98. The molecule has 0 unspecified atom stereocenters. The van der Waals surface area contributed by atoms with Gasteiger partial charge in [0.2, 0.25) is 0 Å². The number of carbonyl (C=O) groups excluding carboxylic acids is 2. The van der Waals surface area contributed by atoms with E-state index in [0.29, 0.717) is 5.76 Å². The highest BCUT2D eigenvalue weighted by Gasteiger charge is 2.30. The van der Waals surface area contributed by atoms with Gasteiger partial charge in [-0.05, 0) is 43.2 Å². The van der Waals surface area contributed by atoms with Gasteiger partial charge in [0.15, 0.2) is 6.61 Å². The largest absolute Gasteiger partial charge is 0.465 e. The van der Waals surface area contributed by atoms with Crippen LogP contribution in [0.3, 0.4) is 0 Å². The number of fused-ring (bicyclic) bond motifs is 1. The van der Waals surface area contributed by atoms with E-state index in [1.165, 1.54) is 18.4 Å². The van der Waals surface area contributed by atoms with Gasteiger partial charge in [0, 0.05) is 17.8 Å². The Labute approximate surface area is 134 Å². The molecule has 2 aromatic rings. The van der Waals surface area contributed by atoms with E-state index in [1.807, 2.05) is 31.2 Å². The SMILES string of the molecule is C[C@H]1Cc2ccccc2N1C(=O)COC(=O)/C=C/c1ccco1. The van der Waals surface area contributed by atoms with Crippen LogP contribution in [0.5, 0.6) is 0 Å². The molecule has 1 atom stereocenters. The smallest absolute Gasteiger partial charge is 0.331 e. The van der Waals surface area contributed by atoms with Gasteiger partial charge in [-0.2, -0.15) is 0 Å². The van der Waals surface area contributed by atoms with Gasteiger partial charge in [-0.15, -0.1) is 0 Å². The number of rotatable bonds is 4. The average Bonchev–Trinajstić information content (AvgIpc) is 3.17. The minimum atomic E-state index is -0.574. The first-order valence-corrected chi connectivity index (χ1v) is 7.43. The number of furan rings is 1. The van der Waals surface area contributed by atoms with Crippen LogP contribution in [0, 0.1) is 0 Å². The van der Waals surface area contributed by atoms with Crippen LogP contribution in [0.1, 0.15) is 18.2 Å². The molecule has 1 amide bonds. The van der Waals surface area contributed by atoms with Crippen molar-refractivity contribution in [2.24, 2.45) is 0 Å². The molecular formula is C18H17NO4. The van der Waals surface area contributed by atoms with Gasteiger partial charge in [-0.3, -0.25) is 4.79 Å². The molecule has 0 saturated heterocycles. The van der Waals surface area contributed by atoms with Crippen LogP contribution >= 0.6 is 0 Å². The highest BCUT2D eigenvalue weighted by atomic mass is 16.5. The van der Waals surface area contributed by atoms with Crippen molar-refractivity contribution in [3.8, 4) is 0 Å². The first kappa shape index (κ1) is 15.1. The van der Waals surface area contributed by atoms with Gasteiger partial charge in [-0.25, -0.2) is 4.79 Å². The Bertz CT molecular complexity index is 733. The molecule has 23 heavy (non-hydrogen) atoms. The van der Waals surface area contributed by atoms with E-state index in [2.05, 4.69) is 0 Å². The third kappa shape index (κ3) is 3.34. The lowest BCUT2D eigenvalue weighted by atomic mass is 10.1. The van der Waals surface area contributed by atoms with Crippen molar-refractivity contribution in [3.05, 3.63) is 60.1 Å². The maximum atomic E-state index is 12.4. The van der Waals surface area contributed by atoms with Crippen LogP contribution in [0.4, 0.5) is 5.69 Å². The molecule has 5 heteroatoms. The summed E-state index contributed by atoms with van der Waals surface area (Å²) in [7, 11) is 0. The van der Waals surface area contributed by atoms with Crippen molar-refractivity contribution in [3.63, 3.8) is 0 Å². The van der Waals surface area contributed by atoms with Crippen LogP contribution < -0.4 is 4.90 Å². The molecule has 0 spiro atoms. The van der Waals surface area contributed by atoms with E-state index < -0.39 is 5.97 Å². The Morgan fingerprint density at radius 1 is 1.30 bits per heavy atom. The number of ether oxygens (including phenoxy) is 1. The van der Waals surface area contributed by atoms with Gasteiger partial charge in [0.1, 0.15) is 5.76 Å². The standard InChI is InChI=1S/C18H17NO4/c1-13-11-14-5-2-3-7-16(14)19(13)17(20)12-23-18(21)9-8-15-6-4-10-22-15/h2-10,13H,11-12H2,1H3/b9-8+/t13-/m0/s1. The van der Waals surface area contributed by atoms with E-state index in [9.17, 15) is 9.59 Å². The first-order chi connectivity index (χ1) is 11.1. The molecule has 118 valence electrons. The monoisotopic (exact) mass is 311 g/mol. The summed E-state index contributed by atoms with van der Waals surface area (Å²) >= 11 is 0. The maximum Gasteiger partial charge on any atom is 0.331 e. The minimum Gasteiger partial charge on any atom is -0.465 e. The second-order valence-electron chi connectivity index (χ2n) is 5.40. The Kier molecular flexibility index (Phi) is 4.28. The van der Waals surface area contributed by atoms with E-state index in [4.69, 9.17) is 9.15 Å². The predicted octanol–water partition coefficient (Wildman–Crippen LogP) is 2.81. The second-order valence-corrected chi connectivity index (χ2v) is 5.40. The zero-order valence-corrected chi connectivity index (χ0v) is 12.8. The van der Waals surface area contributed by atoms with Crippen LogP contribution in [-0.4, -0.2) is 24.5 Å². The van der Waals surface area contributed by atoms with Crippen LogP contribution in [0.25, 0.3) is 6.08 Å². The molecule has 5 nitrogen and oxygen atoms in total. The van der Waals surface area contributed by atoms with Crippen LogP contribution in [-0.2, 0) is 20.7 Å². The number of hydrogen-bond donors (Lipinski definition) is 0.